The molecule has 5 rings (SSSR count). The highest BCUT2D eigenvalue weighted by molar-refractivity contribution is 5.76. The summed E-state index contributed by atoms with van der Waals surface area (Å²) in [6, 6.07) is 15.9. The summed E-state index contributed by atoms with van der Waals surface area (Å²) in [5, 5.41) is 11.7. The topological polar surface area (TPSA) is 59.8 Å². The largest absolute Gasteiger partial charge is 0.353 e. The molecule has 152 valence electrons. The molecule has 0 aliphatic heterocycles. The molecule has 0 bridgehead atoms. The van der Waals surface area contributed by atoms with Crippen molar-refractivity contribution in [1.29, 1.82) is 0 Å². The molecule has 2 aliphatic rings. The smallest absolute Gasteiger partial charge is 0.219 e. The maximum Gasteiger partial charge on any atom is 0.219 e. The Labute approximate surface area is 176 Å². The van der Waals surface area contributed by atoms with Crippen molar-refractivity contribution < 1.29 is 4.79 Å². The monoisotopic (exact) mass is 398 g/mol. The number of fused-ring (bicyclic) bond motifs is 1. The Hall–Kier alpha value is -3.21. The summed E-state index contributed by atoms with van der Waals surface area (Å²) in [6.45, 7) is 1.89. The molecule has 2 aromatic carbocycles. The third kappa shape index (κ3) is 3.56. The van der Waals surface area contributed by atoms with Crippen molar-refractivity contribution in [1.82, 2.24) is 20.3 Å². The molecule has 0 saturated heterocycles. The number of aromatic nitrogens is 3. The van der Waals surface area contributed by atoms with Crippen molar-refractivity contribution in [3.8, 4) is 22.4 Å². The fraction of sp³-hybridized carbons (Fsp3) is 0.320. The van der Waals surface area contributed by atoms with Gasteiger partial charge >= 0.3 is 0 Å². The normalized spacial score (nSPS) is 19.8. The summed E-state index contributed by atoms with van der Waals surface area (Å²) in [6.07, 6.45) is 10.7. The molecule has 1 heterocycles. The molecule has 5 nitrogen and oxygen atoms in total. The molecule has 5 heteroatoms. The second-order valence-electron chi connectivity index (χ2n) is 8.25. The fourth-order valence-electron chi connectivity index (χ4n) is 4.63. The second-order valence-corrected chi connectivity index (χ2v) is 8.25. The lowest BCUT2D eigenvalue weighted by Crippen LogP contribution is -2.32. The second kappa shape index (κ2) is 7.90. The number of rotatable bonds is 5. The van der Waals surface area contributed by atoms with Gasteiger partial charge in [-0.1, -0.05) is 66.8 Å². The Kier molecular flexibility index (Phi) is 4.95. The van der Waals surface area contributed by atoms with E-state index < -0.39 is 0 Å². The summed E-state index contributed by atoms with van der Waals surface area (Å²) in [7, 11) is 0. The van der Waals surface area contributed by atoms with Gasteiger partial charge in [0.2, 0.25) is 5.91 Å². The average Bonchev–Trinajstić information content (AvgIpc) is 3.53. The Morgan fingerprint density at radius 2 is 1.90 bits per heavy atom. The summed E-state index contributed by atoms with van der Waals surface area (Å²) in [5.74, 6) is 0.123. The minimum absolute atomic E-state index is 0.123. The maximum absolute atomic E-state index is 11.7. The summed E-state index contributed by atoms with van der Waals surface area (Å²) in [4.78, 5) is 11.7. The van der Waals surface area contributed by atoms with Crippen molar-refractivity contribution in [3.63, 3.8) is 0 Å². The molecule has 1 aromatic heterocycles. The molecule has 0 spiro atoms. The van der Waals surface area contributed by atoms with Gasteiger partial charge in [0.1, 0.15) is 0 Å². The first-order valence-electron chi connectivity index (χ1n) is 10.8. The number of nitrogens with zero attached hydrogens (tertiary/aromatic N) is 3. The highest BCUT2D eigenvalue weighted by Gasteiger charge is 2.29. The van der Waals surface area contributed by atoms with Crippen LogP contribution in [0.5, 0.6) is 0 Å². The van der Waals surface area contributed by atoms with E-state index in [-0.39, 0.29) is 18.0 Å². The van der Waals surface area contributed by atoms with Crippen LogP contribution in [0.15, 0.2) is 54.7 Å². The standard InChI is InChI=1S/C25H26N4O/c1-2-25(30)27-22-12-13-23(15-22)29-24(16-26-28-29)19-9-6-18(7-10-19)21-11-8-17-4-3-5-20(17)14-21/h3-4,6-11,14,16,22-23H,2,5,12-13,15H2,1H3,(H,27,30)/t22-,23+/m0/s1. The van der Waals surface area contributed by atoms with Gasteiger partial charge in [-0.3, -0.25) is 4.79 Å². The van der Waals surface area contributed by atoms with Crippen LogP contribution in [0.4, 0.5) is 0 Å². The lowest BCUT2D eigenvalue weighted by Gasteiger charge is -2.15. The number of amides is 1. The molecule has 1 amide bonds. The van der Waals surface area contributed by atoms with E-state index in [9.17, 15) is 4.79 Å². The fourth-order valence-corrected chi connectivity index (χ4v) is 4.63. The first-order valence-corrected chi connectivity index (χ1v) is 10.8. The van der Waals surface area contributed by atoms with E-state index in [1.807, 2.05) is 17.8 Å². The average molecular weight is 399 g/mol. The van der Waals surface area contributed by atoms with Crippen molar-refractivity contribution >= 4 is 12.0 Å². The van der Waals surface area contributed by atoms with Gasteiger partial charge in [-0.15, -0.1) is 5.10 Å². The molecule has 0 unspecified atom stereocenters. The number of allylic oxidation sites excluding steroid dienone is 1. The molecule has 3 aromatic rings. The lowest BCUT2D eigenvalue weighted by atomic mass is 9.99. The van der Waals surface area contributed by atoms with Crippen molar-refractivity contribution in [3.05, 3.63) is 65.9 Å². The molecule has 1 N–H and O–H groups in total. The van der Waals surface area contributed by atoms with Crippen LogP contribution >= 0.6 is 0 Å². The van der Waals surface area contributed by atoms with Crippen LogP contribution in [0.2, 0.25) is 0 Å². The third-order valence-electron chi connectivity index (χ3n) is 6.30. The molecule has 30 heavy (non-hydrogen) atoms. The highest BCUT2D eigenvalue weighted by atomic mass is 16.1. The van der Waals surface area contributed by atoms with Gasteiger partial charge in [-0.2, -0.15) is 0 Å². The summed E-state index contributed by atoms with van der Waals surface area (Å²) < 4.78 is 2.04. The summed E-state index contributed by atoms with van der Waals surface area (Å²) in [5.41, 5.74) is 7.34. The molecular formula is C25H26N4O. The first-order chi connectivity index (χ1) is 14.7. The highest BCUT2D eigenvalue weighted by Crippen LogP contribution is 2.34. The van der Waals surface area contributed by atoms with Gasteiger partial charge in [0.05, 0.1) is 17.9 Å². The van der Waals surface area contributed by atoms with Crippen molar-refractivity contribution in [2.45, 2.75) is 51.1 Å². The van der Waals surface area contributed by atoms with Gasteiger partial charge in [-0.25, -0.2) is 4.68 Å². The van der Waals surface area contributed by atoms with E-state index in [0.717, 1.165) is 36.9 Å². The Morgan fingerprint density at radius 1 is 1.10 bits per heavy atom. The SMILES string of the molecule is CCC(=O)N[C@H]1CC[C@@H](n2nncc2-c2ccc(-c3ccc4c(c3)CC=C4)cc2)C1. The van der Waals surface area contributed by atoms with E-state index in [2.05, 4.69) is 70.2 Å². The van der Waals surface area contributed by atoms with Crippen LogP contribution in [0.3, 0.4) is 0 Å². The van der Waals surface area contributed by atoms with Gasteiger partial charge in [0.15, 0.2) is 0 Å². The van der Waals surface area contributed by atoms with Crippen LogP contribution in [-0.2, 0) is 11.2 Å². The first kappa shape index (κ1) is 18.8. The molecule has 2 atom stereocenters. The molecular weight excluding hydrogens is 372 g/mol. The van der Waals surface area contributed by atoms with Crippen molar-refractivity contribution in [2.24, 2.45) is 0 Å². The predicted octanol–water partition coefficient (Wildman–Crippen LogP) is 4.80. The molecule has 1 saturated carbocycles. The molecule has 1 fully saturated rings. The van der Waals surface area contributed by atoms with Crippen molar-refractivity contribution in [2.75, 3.05) is 0 Å². The van der Waals surface area contributed by atoms with E-state index in [0.29, 0.717) is 6.42 Å². The number of carbonyl (C=O) groups is 1. The number of carbonyl (C=O) groups excluding carboxylic acids is 1. The number of nitrogens with one attached hydrogen (secondary N) is 1. The number of benzene rings is 2. The zero-order chi connectivity index (χ0) is 20.5. The Bertz CT molecular complexity index is 1100. The quantitative estimate of drug-likeness (QED) is 0.671. The Balaban J connectivity index is 1.34. The van der Waals surface area contributed by atoms with Crippen LogP contribution in [0.1, 0.15) is 49.8 Å². The van der Waals surface area contributed by atoms with Crippen LogP contribution in [0, 0.1) is 0 Å². The summed E-state index contributed by atoms with van der Waals surface area (Å²) >= 11 is 0. The number of hydrogen-bond donors (Lipinski definition) is 1. The van der Waals surface area contributed by atoms with E-state index in [1.54, 1.807) is 0 Å². The van der Waals surface area contributed by atoms with Gasteiger partial charge < -0.3 is 5.32 Å². The molecule has 0 radical (unpaired) electrons. The van der Waals surface area contributed by atoms with Gasteiger partial charge in [-0.05, 0) is 47.9 Å². The minimum atomic E-state index is 0.123. The van der Waals surface area contributed by atoms with E-state index >= 15 is 0 Å². The lowest BCUT2D eigenvalue weighted by molar-refractivity contribution is -0.121. The zero-order valence-electron chi connectivity index (χ0n) is 17.2. The number of hydrogen-bond acceptors (Lipinski definition) is 3. The van der Waals surface area contributed by atoms with Crippen LogP contribution in [-0.4, -0.2) is 26.9 Å². The maximum atomic E-state index is 11.7. The van der Waals surface area contributed by atoms with E-state index in [4.69, 9.17) is 0 Å². The van der Waals surface area contributed by atoms with Crippen LogP contribution in [0.25, 0.3) is 28.5 Å². The van der Waals surface area contributed by atoms with Gasteiger partial charge in [0, 0.05) is 18.0 Å². The predicted molar refractivity (Wildman–Crippen MR) is 119 cm³/mol. The Morgan fingerprint density at radius 3 is 2.73 bits per heavy atom. The molecule has 2 aliphatic carbocycles. The zero-order valence-corrected chi connectivity index (χ0v) is 17.2. The third-order valence-corrected chi connectivity index (χ3v) is 6.30. The van der Waals surface area contributed by atoms with E-state index in [1.165, 1.54) is 22.3 Å². The minimum Gasteiger partial charge on any atom is -0.353 e. The van der Waals surface area contributed by atoms with Gasteiger partial charge in [0.25, 0.3) is 0 Å². The van der Waals surface area contributed by atoms with Crippen LogP contribution < -0.4 is 5.32 Å².